The average Bonchev–Trinajstić information content (AvgIpc) is 3.67. The number of carbonyl (C=O) groups excluding carboxylic acids is 3. The Bertz CT molecular complexity index is 2190. The van der Waals surface area contributed by atoms with Gasteiger partial charge in [0, 0.05) is 75.6 Å². The first-order chi connectivity index (χ1) is 30.3. The second-order valence-corrected chi connectivity index (χ2v) is 16.9. The number of carbonyl (C=O) groups is 4. The molecule has 1 aliphatic rings. The molecule has 0 bridgehead atoms. The van der Waals surface area contributed by atoms with Crippen LogP contribution < -0.4 is 9.47 Å². The number of hydrogen-bond donors (Lipinski definition) is 2. The number of methoxy groups -OCH3 is 4. The summed E-state index contributed by atoms with van der Waals surface area (Å²) in [6.45, 7) is 0.628. The third-order valence-electron chi connectivity index (χ3n) is 10.8. The SMILES string of the molecule is COc1ccc(C(=O)c2cccc([C@H](O)/C=C/C3CCC(=O)N3CCCCCCC(=O)O)c2)cc1.COc1ccc(C(OC)(OC)c2cccc(C(=O)CP(=O)(OC)OC)c2)cc1. The van der Waals surface area contributed by atoms with Gasteiger partial charge in [-0.1, -0.05) is 61.4 Å². The van der Waals surface area contributed by atoms with Crippen molar-refractivity contribution in [2.24, 2.45) is 0 Å². The highest BCUT2D eigenvalue weighted by Gasteiger charge is 2.36. The van der Waals surface area contributed by atoms with Crippen LogP contribution in [0.15, 0.2) is 109 Å². The van der Waals surface area contributed by atoms with Crippen LogP contribution in [0.3, 0.4) is 0 Å². The minimum Gasteiger partial charge on any atom is -0.497 e. The van der Waals surface area contributed by atoms with Crippen LogP contribution in [-0.2, 0) is 38.5 Å². The minimum atomic E-state index is -3.47. The zero-order valence-corrected chi connectivity index (χ0v) is 37.6. The first-order valence-corrected chi connectivity index (χ1v) is 22.2. The second-order valence-electron chi connectivity index (χ2n) is 14.7. The molecular formula is C48H58NO13P. The van der Waals surface area contributed by atoms with E-state index in [2.05, 4.69) is 0 Å². The van der Waals surface area contributed by atoms with Crippen molar-refractivity contribution in [2.75, 3.05) is 55.4 Å². The molecule has 0 saturated carbocycles. The topological polar surface area (TPSA) is 184 Å². The maximum Gasteiger partial charge on any atom is 0.337 e. The van der Waals surface area contributed by atoms with Gasteiger partial charge < -0.3 is 43.1 Å². The monoisotopic (exact) mass is 887 g/mol. The largest absolute Gasteiger partial charge is 0.497 e. The lowest BCUT2D eigenvalue weighted by Crippen LogP contribution is -2.32. The van der Waals surface area contributed by atoms with Gasteiger partial charge in [0.05, 0.1) is 26.4 Å². The number of unbranched alkanes of at least 4 members (excludes halogenated alkanes) is 3. The molecule has 4 aromatic carbocycles. The Labute approximate surface area is 369 Å². The minimum absolute atomic E-state index is 0.0692. The molecule has 1 aliphatic heterocycles. The molecule has 0 aromatic heterocycles. The van der Waals surface area contributed by atoms with E-state index in [9.17, 15) is 28.8 Å². The van der Waals surface area contributed by atoms with Gasteiger partial charge in [0.25, 0.3) is 0 Å². The summed E-state index contributed by atoms with van der Waals surface area (Å²) in [4.78, 5) is 50.2. The summed E-state index contributed by atoms with van der Waals surface area (Å²) in [6.07, 6.45) is 6.85. The van der Waals surface area contributed by atoms with Gasteiger partial charge in [-0.15, -0.1) is 0 Å². The molecule has 14 nitrogen and oxygen atoms in total. The normalized spacial score (nSPS) is 14.6. The number of likely N-dealkylation sites (tertiary alicyclic amines) is 1. The van der Waals surface area contributed by atoms with Gasteiger partial charge >= 0.3 is 13.6 Å². The fourth-order valence-electron chi connectivity index (χ4n) is 7.18. The predicted octanol–water partition coefficient (Wildman–Crippen LogP) is 8.40. The Kier molecular flexibility index (Phi) is 19.4. The van der Waals surface area contributed by atoms with Gasteiger partial charge in [-0.3, -0.25) is 23.7 Å². The Hall–Kier alpha value is -5.47. The third-order valence-corrected chi connectivity index (χ3v) is 12.6. The summed E-state index contributed by atoms with van der Waals surface area (Å²) >= 11 is 0. The third kappa shape index (κ3) is 13.8. The van der Waals surface area contributed by atoms with Crippen LogP contribution in [0.2, 0.25) is 0 Å². The van der Waals surface area contributed by atoms with Crippen LogP contribution >= 0.6 is 7.60 Å². The molecule has 1 amide bonds. The lowest BCUT2D eigenvalue weighted by Gasteiger charge is -2.32. The molecule has 15 heteroatoms. The van der Waals surface area contributed by atoms with Gasteiger partial charge in [0.2, 0.25) is 11.7 Å². The standard InChI is InChI=1S/C28H33NO6.C20H25O7P/c1-35-24-14-10-20(11-15-24)28(34)22-8-6-7-21(19-22)25(30)16-12-23-13-17-26(31)29(23)18-5-3-2-4-9-27(32)33;1-23-18-11-9-16(10-12-18)20(24-2,25-3)17-8-6-7-15(13-17)19(21)14-28(22,26-4)27-5/h6-8,10-12,14-16,19,23,25,30H,2-5,9,13,17-18H2,1H3,(H,32,33);6-13H,14H2,1-5H3/b16-12+;/t23?,25-;/m1./s1. The number of rotatable bonds is 23. The summed E-state index contributed by atoms with van der Waals surface area (Å²) in [7, 11) is 5.23. The summed E-state index contributed by atoms with van der Waals surface area (Å²) < 4.78 is 43.8. The van der Waals surface area contributed by atoms with E-state index in [4.69, 9.17) is 33.1 Å². The zero-order chi connectivity index (χ0) is 46.0. The Balaban J connectivity index is 0.000000284. The van der Waals surface area contributed by atoms with Crippen molar-refractivity contribution in [1.82, 2.24) is 4.90 Å². The number of Topliss-reactive ketones (excluding diaryl/α,β-unsaturated/α-hetero) is 1. The molecule has 0 aliphatic carbocycles. The van der Waals surface area contributed by atoms with Crippen molar-refractivity contribution in [3.63, 3.8) is 0 Å². The first-order valence-electron chi connectivity index (χ1n) is 20.5. The van der Waals surface area contributed by atoms with Crippen molar-refractivity contribution in [3.8, 4) is 11.5 Å². The van der Waals surface area contributed by atoms with Gasteiger partial charge in [0.15, 0.2) is 11.6 Å². The number of carboxylic acid groups (broad SMARTS) is 1. The molecule has 338 valence electrons. The number of ether oxygens (including phenoxy) is 4. The number of hydrogen-bond acceptors (Lipinski definition) is 12. The highest BCUT2D eigenvalue weighted by molar-refractivity contribution is 7.54. The van der Waals surface area contributed by atoms with Crippen molar-refractivity contribution < 1.29 is 62.0 Å². The molecule has 4 aromatic rings. The Morgan fingerprint density at radius 1 is 0.762 bits per heavy atom. The molecule has 0 spiro atoms. The number of aliphatic hydroxyl groups excluding tert-OH is 1. The van der Waals surface area contributed by atoms with Gasteiger partial charge in [-0.05, 0) is 85.5 Å². The maximum absolute atomic E-state index is 12.9. The van der Waals surface area contributed by atoms with Gasteiger partial charge in [0.1, 0.15) is 17.7 Å². The number of aliphatic hydroxyl groups is 1. The molecule has 1 heterocycles. The van der Waals surface area contributed by atoms with Gasteiger partial charge in [-0.25, -0.2) is 0 Å². The summed E-state index contributed by atoms with van der Waals surface area (Å²) in [5, 5.41) is 19.4. The van der Waals surface area contributed by atoms with E-state index >= 15 is 0 Å². The van der Waals surface area contributed by atoms with Crippen LogP contribution in [0.25, 0.3) is 0 Å². The van der Waals surface area contributed by atoms with E-state index < -0.39 is 25.5 Å². The van der Waals surface area contributed by atoms with E-state index in [1.165, 1.54) is 28.4 Å². The van der Waals surface area contributed by atoms with Gasteiger partial charge in [-0.2, -0.15) is 0 Å². The first kappa shape index (κ1) is 50.2. The highest BCUT2D eigenvalue weighted by Crippen LogP contribution is 2.46. The van der Waals surface area contributed by atoms with Crippen LogP contribution in [0.4, 0.5) is 0 Å². The number of carboxylic acids is 1. The molecule has 1 saturated heterocycles. The molecule has 2 atom stereocenters. The molecule has 5 rings (SSSR count). The van der Waals surface area contributed by atoms with E-state index in [-0.39, 0.29) is 36.1 Å². The Morgan fingerprint density at radius 3 is 1.97 bits per heavy atom. The lowest BCUT2D eigenvalue weighted by molar-refractivity contribution is -0.183. The van der Waals surface area contributed by atoms with Crippen molar-refractivity contribution >= 4 is 31.0 Å². The van der Waals surface area contributed by atoms with Crippen LogP contribution in [-0.4, -0.2) is 100.0 Å². The van der Waals surface area contributed by atoms with E-state index in [0.29, 0.717) is 65.1 Å². The van der Waals surface area contributed by atoms with E-state index in [1.54, 1.807) is 105 Å². The van der Waals surface area contributed by atoms with Crippen LogP contribution in [0, 0.1) is 0 Å². The van der Waals surface area contributed by atoms with Crippen molar-refractivity contribution in [1.29, 1.82) is 0 Å². The van der Waals surface area contributed by atoms with E-state index in [0.717, 1.165) is 24.8 Å². The molecule has 1 fully saturated rings. The van der Waals surface area contributed by atoms with Crippen molar-refractivity contribution in [3.05, 3.63) is 143 Å². The molecule has 63 heavy (non-hydrogen) atoms. The Morgan fingerprint density at radius 2 is 1.37 bits per heavy atom. The molecule has 0 radical (unpaired) electrons. The molecule has 2 N–H and O–H groups in total. The van der Waals surface area contributed by atoms with E-state index in [1.807, 2.05) is 23.1 Å². The summed E-state index contributed by atoms with van der Waals surface area (Å²) in [5.74, 6) is -1.04. The molecule has 1 unspecified atom stereocenters. The zero-order valence-electron chi connectivity index (χ0n) is 36.7. The fraction of sp³-hybridized carbons (Fsp3) is 0.375. The number of benzene rings is 4. The second kappa shape index (κ2) is 24.4. The lowest BCUT2D eigenvalue weighted by atomic mass is 9.94. The summed E-state index contributed by atoms with van der Waals surface area (Å²) in [5.41, 5.74) is 3.31. The predicted molar refractivity (Wildman–Crippen MR) is 237 cm³/mol. The van der Waals surface area contributed by atoms with Crippen LogP contribution in [0.1, 0.15) is 94.0 Å². The van der Waals surface area contributed by atoms with Crippen molar-refractivity contribution in [2.45, 2.75) is 62.9 Å². The smallest absolute Gasteiger partial charge is 0.337 e. The highest BCUT2D eigenvalue weighted by atomic mass is 31.2. The quantitative estimate of drug-likeness (QED) is 0.0238. The maximum atomic E-state index is 12.9. The number of amides is 1. The number of ketones is 2. The number of nitrogens with zero attached hydrogens (tertiary/aromatic N) is 1. The summed E-state index contributed by atoms with van der Waals surface area (Å²) in [6, 6.07) is 27.8. The molecular weight excluding hydrogens is 829 g/mol. The van der Waals surface area contributed by atoms with Crippen LogP contribution in [0.5, 0.6) is 11.5 Å². The fourth-order valence-corrected chi connectivity index (χ4v) is 8.12. The number of aliphatic carboxylic acids is 1. The average molecular weight is 888 g/mol.